The van der Waals surface area contributed by atoms with Crippen molar-refractivity contribution in [2.75, 3.05) is 50.8 Å². The minimum Gasteiger partial charge on any atom is -0.492 e. The normalized spacial score (nSPS) is 17.4. The van der Waals surface area contributed by atoms with Gasteiger partial charge in [-0.2, -0.15) is 4.31 Å². The van der Waals surface area contributed by atoms with E-state index in [1.807, 2.05) is 11.8 Å². The Balaban J connectivity index is 1.53. The first-order chi connectivity index (χ1) is 15.8. The molecule has 0 atom stereocenters. The lowest BCUT2D eigenvalue weighted by atomic mass is 10.1. The summed E-state index contributed by atoms with van der Waals surface area (Å²) in [5.74, 6) is 0.164. The molecule has 0 bridgehead atoms. The lowest BCUT2D eigenvalue weighted by Crippen LogP contribution is -2.49. The number of amides is 1. The van der Waals surface area contributed by atoms with Crippen LogP contribution >= 0.6 is 0 Å². The summed E-state index contributed by atoms with van der Waals surface area (Å²) >= 11 is 0. The molecule has 178 valence electrons. The number of piperazine rings is 1. The van der Waals surface area contributed by atoms with Crippen LogP contribution in [0.1, 0.15) is 41.3 Å². The number of sulfonamides is 1. The van der Waals surface area contributed by atoms with Crippen LogP contribution in [0.3, 0.4) is 0 Å². The molecule has 8 heteroatoms. The van der Waals surface area contributed by atoms with Gasteiger partial charge in [0.25, 0.3) is 5.91 Å². The van der Waals surface area contributed by atoms with Crippen LogP contribution < -0.4 is 9.64 Å². The van der Waals surface area contributed by atoms with Gasteiger partial charge in [-0.1, -0.05) is 12.1 Å². The summed E-state index contributed by atoms with van der Waals surface area (Å²) in [6.07, 6.45) is 1.71. The number of hydrogen-bond acceptors (Lipinski definition) is 5. The molecule has 33 heavy (non-hydrogen) atoms. The van der Waals surface area contributed by atoms with Gasteiger partial charge in [0.2, 0.25) is 10.0 Å². The molecule has 0 N–H and O–H groups in total. The predicted molar refractivity (Wildman–Crippen MR) is 130 cm³/mol. The summed E-state index contributed by atoms with van der Waals surface area (Å²) in [5, 5.41) is 0. The number of hydrogen-bond donors (Lipinski definition) is 0. The summed E-state index contributed by atoms with van der Waals surface area (Å²) in [6.45, 7) is 10.1. The molecule has 2 aromatic rings. The molecule has 2 aromatic carbocycles. The molecule has 2 fully saturated rings. The van der Waals surface area contributed by atoms with Crippen LogP contribution in [-0.2, 0) is 10.0 Å². The van der Waals surface area contributed by atoms with Crippen molar-refractivity contribution in [3.63, 3.8) is 0 Å². The molecule has 4 rings (SSSR count). The average molecular weight is 472 g/mol. The Labute approximate surface area is 197 Å². The van der Waals surface area contributed by atoms with Crippen LogP contribution in [0.4, 0.5) is 5.69 Å². The Morgan fingerprint density at radius 2 is 1.67 bits per heavy atom. The zero-order valence-electron chi connectivity index (χ0n) is 19.7. The van der Waals surface area contributed by atoms with Crippen LogP contribution in [0.15, 0.2) is 41.3 Å². The molecule has 0 radical (unpaired) electrons. The number of benzene rings is 2. The quantitative estimate of drug-likeness (QED) is 0.645. The van der Waals surface area contributed by atoms with Gasteiger partial charge >= 0.3 is 0 Å². The average Bonchev–Trinajstić information content (AvgIpc) is 3.37. The molecule has 0 aliphatic carbocycles. The molecule has 0 spiro atoms. The first kappa shape index (κ1) is 23.6. The van der Waals surface area contributed by atoms with E-state index in [2.05, 4.69) is 36.9 Å². The summed E-state index contributed by atoms with van der Waals surface area (Å²) in [5.41, 5.74) is 4.12. The van der Waals surface area contributed by atoms with Gasteiger partial charge in [-0.05, 0) is 69.0 Å². The van der Waals surface area contributed by atoms with Crippen LogP contribution in [0.5, 0.6) is 5.75 Å². The summed E-state index contributed by atoms with van der Waals surface area (Å²) < 4.78 is 33.6. The predicted octanol–water partition coefficient (Wildman–Crippen LogP) is 3.45. The van der Waals surface area contributed by atoms with E-state index in [9.17, 15) is 13.2 Å². The first-order valence-electron chi connectivity index (χ1n) is 11.7. The van der Waals surface area contributed by atoms with Crippen LogP contribution in [-0.4, -0.2) is 69.4 Å². The molecule has 2 aliphatic heterocycles. The van der Waals surface area contributed by atoms with E-state index < -0.39 is 10.0 Å². The van der Waals surface area contributed by atoms with Crippen molar-refractivity contribution in [1.82, 2.24) is 9.21 Å². The number of anilines is 1. The van der Waals surface area contributed by atoms with Crippen molar-refractivity contribution >= 4 is 21.6 Å². The molecule has 0 aromatic heterocycles. The maximum absolute atomic E-state index is 13.3. The number of ether oxygens (including phenoxy) is 1. The molecule has 0 unspecified atom stereocenters. The fraction of sp³-hybridized carbons (Fsp3) is 0.480. The van der Waals surface area contributed by atoms with Gasteiger partial charge < -0.3 is 14.5 Å². The second-order valence-electron chi connectivity index (χ2n) is 8.70. The topological polar surface area (TPSA) is 70.2 Å². The van der Waals surface area contributed by atoms with E-state index in [4.69, 9.17) is 4.74 Å². The van der Waals surface area contributed by atoms with E-state index in [1.54, 1.807) is 12.1 Å². The lowest BCUT2D eigenvalue weighted by molar-refractivity contribution is 0.0746. The highest BCUT2D eigenvalue weighted by Crippen LogP contribution is 2.31. The highest BCUT2D eigenvalue weighted by atomic mass is 32.2. The fourth-order valence-electron chi connectivity index (χ4n) is 4.60. The van der Waals surface area contributed by atoms with Gasteiger partial charge in [-0.3, -0.25) is 4.79 Å². The number of rotatable bonds is 6. The summed E-state index contributed by atoms with van der Waals surface area (Å²) in [7, 11) is -3.70. The minimum atomic E-state index is -3.70. The molecule has 2 aliphatic rings. The zero-order valence-corrected chi connectivity index (χ0v) is 20.5. The van der Waals surface area contributed by atoms with Gasteiger partial charge in [0.1, 0.15) is 10.6 Å². The molecule has 2 heterocycles. The van der Waals surface area contributed by atoms with E-state index >= 15 is 0 Å². The Hall–Kier alpha value is -2.58. The Morgan fingerprint density at radius 3 is 2.33 bits per heavy atom. The maximum Gasteiger partial charge on any atom is 0.254 e. The van der Waals surface area contributed by atoms with Crippen LogP contribution in [0.2, 0.25) is 0 Å². The monoisotopic (exact) mass is 471 g/mol. The standard InChI is InChI=1S/C25H33N3O4S/c1-4-32-23-11-10-21(18-24(23)33(30,31)28-12-5-6-13-28)25(29)27-16-14-26(15-17-27)22-9-7-8-19(2)20(22)3/h7-11,18H,4-6,12-17H2,1-3H3. The van der Waals surface area contributed by atoms with Crippen LogP contribution in [0, 0.1) is 13.8 Å². The van der Waals surface area contributed by atoms with Gasteiger partial charge in [0.15, 0.2) is 0 Å². The molecule has 7 nitrogen and oxygen atoms in total. The maximum atomic E-state index is 13.3. The first-order valence-corrected chi connectivity index (χ1v) is 13.1. The fourth-order valence-corrected chi connectivity index (χ4v) is 6.27. The number of nitrogens with zero attached hydrogens (tertiary/aromatic N) is 3. The number of carbonyl (C=O) groups excluding carboxylic acids is 1. The van der Waals surface area contributed by atoms with Crippen LogP contribution in [0.25, 0.3) is 0 Å². The summed E-state index contributed by atoms with van der Waals surface area (Å²) in [4.78, 5) is 17.5. The number of aryl methyl sites for hydroxylation is 1. The highest BCUT2D eigenvalue weighted by molar-refractivity contribution is 7.89. The minimum absolute atomic E-state index is 0.0890. The molecule has 2 saturated heterocycles. The van der Waals surface area contributed by atoms with Gasteiger partial charge in [0.05, 0.1) is 6.61 Å². The van der Waals surface area contributed by atoms with E-state index in [0.29, 0.717) is 44.1 Å². The largest absolute Gasteiger partial charge is 0.492 e. The Morgan fingerprint density at radius 1 is 0.970 bits per heavy atom. The van der Waals surface area contributed by atoms with Gasteiger partial charge in [-0.15, -0.1) is 0 Å². The Kier molecular flexibility index (Phi) is 6.95. The van der Waals surface area contributed by atoms with Gasteiger partial charge in [0, 0.05) is 50.5 Å². The van der Waals surface area contributed by atoms with Crippen molar-refractivity contribution < 1.29 is 17.9 Å². The molecular formula is C25H33N3O4S. The lowest BCUT2D eigenvalue weighted by Gasteiger charge is -2.37. The van der Waals surface area contributed by atoms with Gasteiger partial charge in [-0.25, -0.2) is 8.42 Å². The second-order valence-corrected chi connectivity index (χ2v) is 10.6. The number of carbonyl (C=O) groups is 1. The summed E-state index contributed by atoms with van der Waals surface area (Å²) in [6, 6.07) is 11.1. The van der Waals surface area contributed by atoms with Crippen molar-refractivity contribution in [2.45, 2.75) is 38.5 Å². The third kappa shape index (κ3) is 4.73. The van der Waals surface area contributed by atoms with E-state index in [1.165, 1.54) is 27.2 Å². The Bertz CT molecular complexity index is 1120. The third-order valence-electron chi connectivity index (χ3n) is 6.66. The van der Waals surface area contributed by atoms with Crippen molar-refractivity contribution in [3.05, 3.63) is 53.1 Å². The van der Waals surface area contributed by atoms with Crippen molar-refractivity contribution in [1.29, 1.82) is 0 Å². The zero-order chi connectivity index (χ0) is 23.6. The smallest absolute Gasteiger partial charge is 0.254 e. The highest BCUT2D eigenvalue weighted by Gasteiger charge is 2.32. The van der Waals surface area contributed by atoms with E-state index in [-0.39, 0.29) is 10.8 Å². The molecular weight excluding hydrogens is 438 g/mol. The molecule has 1 amide bonds. The second kappa shape index (κ2) is 9.73. The van der Waals surface area contributed by atoms with E-state index in [0.717, 1.165) is 25.9 Å². The molecule has 0 saturated carbocycles. The van der Waals surface area contributed by atoms with Crippen molar-refractivity contribution in [2.24, 2.45) is 0 Å². The third-order valence-corrected chi connectivity index (χ3v) is 8.58. The van der Waals surface area contributed by atoms with Crippen molar-refractivity contribution in [3.8, 4) is 5.75 Å². The SMILES string of the molecule is CCOc1ccc(C(=O)N2CCN(c3cccc(C)c3C)CC2)cc1S(=O)(=O)N1CCCC1.